The first-order chi connectivity index (χ1) is 9.10. The smallest absolute Gasteiger partial charge is 0.356 e. The zero-order valence-corrected chi connectivity index (χ0v) is 10.4. The van der Waals surface area contributed by atoms with E-state index in [1.54, 1.807) is 18.2 Å². The first kappa shape index (κ1) is 13.1. The quantitative estimate of drug-likeness (QED) is 0.628. The molecule has 0 saturated carbocycles. The van der Waals surface area contributed by atoms with Crippen molar-refractivity contribution in [3.8, 4) is 0 Å². The number of carbonyl (C=O) groups excluding carboxylic acids is 1. The summed E-state index contributed by atoms with van der Waals surface area (Å²) >= 11 is 0. The summed E-state index contributed by atoms with van der Waals surface area (Å²) in [5, 5.41) is 12.0. The molecule has 2 unspecified atom stereocenters. The third-order valence-corrected chi connectivity index (χ3v) is 2.91. The number of methoxy groups -OCH3 is 1. The molecule has 1 aliphatic rings. The van der Waals surface area contributed by atoms with Gasteiger partial charge in [-0.1, -0.05) is 12.2 Å². The van der Waals surface area contributed by atoms with Crippen LogP contribution in [0, 0.1) is 5.92 Å². The second-order valence-electron chi connectivity index (χ2n) is 4.24. The zero-order chi connectivity index (χ0) is 13.8. The highest BCUT2D eigenvalue weighted by Crippen LogP contribution is 2.22. The second-order valence-corrected chi connectivity index (χ2v) is 4.24. The van der Waals surface area contributed by atoms with E-state index in [-0.39, 0.29) is 11.7 Å². The van der Waals surface area contributed by atoms with E-state index in [4.69, 9.17) is 5.11 Å². The van der Waals surface area contributed by atoms with Crippen LogP contribution in [0.2, 0.25) is 0 Å². The Morgan fingerprint density at radius 1 is 1.47 bits per heavy atom. The molecule has 2 N–H and O–H groups in total. The van der Waals surface area contributed by atoms with Gasteiger partial charge in [0.25, 0.3) is 0 Å². The summed E-state index contributed by atoms with van der Waals surface area (Å²) in [4.78, 5) is 26.1. The maximum absolute atomic E-state index is 11.3. The van der Waals surface area contributed by atoms with E-state index in [2.05, 4.69) is 15.0 Å². The molecule has 2 rings (SSSR count). The summed E-state index contributed by atoms with van der Waals surface area (Å²) < 4.78 is 4.59. The Morgan fingerprint density at radius 3 is 2.89 bits per heavy atom. The molecule has 1 heterocycles. The molecule has 100 valence electrons. The van der Waals surface area contributed by atoms with Crippen LogP contribution < -0.4 is 5.32 Å². The van der Waals surface area contributed by atoms with Gasteiger partial charge in [0.2, 0.25) is 0 Å². The van der Waals surface area contributed by atoms with Gasteiger partial charge >= 0.3 is 11.9 Å². The zero-order valence-electron chi connectivity index (χ0n) is 10.4. The fourth-order valence-corrected chi connectivity index (χ4v) is 1.94. The first-order valence-corrected chi connectivity index (χ1v) is 5.82. The number of aliphatic carboxylic acids is 1. The molecule has 0 amide bonds. The number of nitrogens with one attached hydrogen (secondary N) is 1. The van der Waals surface area contributed by atoms with E-state index in [0.717, 1.165) is 0 Å². The van der Waals surface area contributed by atoms with Gasteiger partial charge in [-0.2, -0.15) is 0 Å². The minimum atomic E-state index is -0.828. The van der Waals surface area contributed by atoms with Crippen molar-refractivity contribution in [2.24, 2.45) is 5.92 Å². The van der Waals surface area contributed by atoms with Crippen molar-refractivity contribution in [1.82, 2.24) is 4.98 Å². The van der Waals surface area contributed by atoms with Crippen molar-refractivity contribution in [3.63, 3.8) is 0 Å². The highest BCUT2D eigenvalue weighted by Gasteiger charge is 2.24. The highest BCUT2D eigenvalue weighted by molar-refractivity contribution is 5.88. The highest BCUT2D eigenvalue weighted by atomic mass is 16.5. The van der Waals surface area contributed by atoms with Crippen LogP contribution in [0.4, 0.5) is 5.69 Å². The van der Waals surface area contributed by atoms with Crippen molar-refractivity contribution >= 4 is 17.6 Å². The topological polar surface area (TPSA) is 88.5 Å². The Balaban J connectivity index is 2.03. The van der Waals surface area contributed by atoms with E-state index < -0.39 is 17.9 Å². The van der Waals surface area contributed by atoms with Crippen molar-refractivity contribution in [1.29, 1.82) is 0 Å². The summed E-state index contributed by atoms with van der Waals surface area (Å²) in [5.74, 6) is -1.79. The normalized spacial score (nSPS) is 21.1. The van der Waals surface area contributed by atoms with Crippen LogP contribution in [0.15, 0.2) is 30.5 Å². The third-order valence-electron chi connectivity index (χ3n) is 2.91. The number of esters is 1. The van der Waals surface area contributed by atoms with Crippen LogP contribution in [0.1, 0.15) is 16.9 Å². The monoisotopic (exact) mass is 262 g/mol. The number of rotatable bonds is 4. The molecule has 0 aliphatic heterocycles. The molecule has 19 heavy (non-hydrogen) atoms. The van der Waals surface area contributed by atoms with Crippen LogP contribution in [-0.2, 0) is 9.53 Å². The molecule has 6 nitrogen and oxygen atoms in total. The number of hydrogen-bond acceptors (Lipinski definition) is 5. The Morgan fingerprint density at radius 2 is 2.26 bits per heavy atom. The van der Waals surface area contributed by atoms with E-state index >= 15 is 0 Å². The number of anilines is 1. The molecule has 0 fully saturated rings. The van der Waals surface area contributed by atoms with Gasteiger partial charge in [0, 0.05) is 17.9 Å². The maximum atomic E-state index is 11.3. The van der Waals surface area contributed by atoms with E-state index in [9.17, 15) is 9.59 Å². The Labute approximate surface area is 110 Å². The van der Waals surface area contributed by atoms with E-state index in [0.29, 0.717) is 12.1 Å². The molecule has 0 radical (unpaired) electrons. The molecule has 1 aromatic heterocycles. The second kappa shape index (κ2) is 5.51. The molecule has 0 aromatic carbocycles. The number of ether oxygens (including phenoxy) is 1. The average Bonchev–Trinajstić information content (AvgIpc) is 2.87. The molecule has 1 aromatic rings. The van der Waals surface area contributed by atoms with Crippen LogP contribution in [0.5, 0.6) is 0 Å². The predicted molar refractivity (Wildman–Crippen MR) is 67.9 cm³/mol. The third kappa shape index (κ3) is 3.09. The molecular weight excluding hydrogens is 248 g/mol. The first-order valence-electron chi connectivity index (χ1n) is 5.82. The summed E-state index contributed by atoms with van der Waals surface area (Å²) in [6.45, 7) is 0. The fraction of sp³-hybridized carbons (Fsp3) is 0.308. The molecular formula is C13H14N2O4. The van der Waals surface area contributed by atoms with Crippen molar-refractivity contribution < 1.29 is 19.4 Å². The van der Waals surface area contributed by atoms with Crippen LogP contribution in [0.3, 0.4) is 0 Å². The molecule has 0 spiro atoms. The molecule has 0 bridgehead atoms. The largest absolute Gasteiger partial charge is 0.481 e. The van der Waals surface area contributed by atoms with Gasteiger partial charge in [0.1, 0.15) is 5.69 Å². The van der Waals surface area contributed by atoms with Gasteiger partial charge in [-0.25, -0.2) is 9.78 Å². The minimum Gasteiger partial charge on any atom is -0.481 e. The summed E-state index contributed by atoms with van der Waals surface area (Å²) in [7, 11) is 1.29. The molecule has 1 aliphatic carbocycles. The van der Waals surface area contributed by atoms with Crippen molar-refractivity contribution in [2.45, 2.75) is 12.5 Å². The number of aromatic nitrogens is 1. The number of pyridine rings is 1. The van der Waals surface area contributed by atoms with E-state index in [1.165, 1.54) is 13.3 Å². The molecule has 0 saturated heterocycles. The number of carboxylic acids is 1. The summed E-state index contributed by atoms with van der Waals surface area (Å²) in [6.07, 6.45) is 5.48. The SMILES string of the molecule is COC(=O)c1cc(NC2C=CC(C(=O)O)C2)ccn1. The predicted octanol–water partition coefficient (Wildman–Crippen LogP) is 1.31. The fourth-order valence-electron chi connectivity index (χ4n) is 1.94. The molecule has 6 heteroatoms. The van der Waals surface area contributed by atoms with Crippen molar-refractivity contribution in [2.75, 3.05) is 12.4 Å². The lowest BCUT2D eigenvalue weighted by Gasteiger charge is -2.13. The molecule has 2 atom stereocenters. The lowest BCUT2D eigenvalue weighted by Crippen LogP contribution is -2.19. The van der Waals surface area contributed by atoms with Gasteiger partial charge in [0.05, 0.1) is 13.0 Å². The average molecular weight is 262 g/mol. The van der Waals surface area contributed by atoms with Gasteiger partial charge in [0.15, 0.2) is 0 Å². The lowest BCUT2D eigenvalue weighted by atomic mass is 10.1. The minimum absolute atomic E-state index is 0.0611. The maximum Gasteiger partial charge on any atom is 0.356 e. The summed E-state index contributed by atoms with van der Waals surface area (Å²) in [5.41, 5.74) is 0.917. The summed E-state index contributed by atoms with van der Waals surface area (Å²) in [6, 6.07) is 3.23. The van der Waals surface area contributed by atoms with E-state index in [1.807, 2.05) is 6.08 Å². The van der Waals surface area contributed by atoms with Crippen LogP contribution in [-0.4, -0.2) is 35.2 Å². The Kier molecular flexibility index (Phi) is 3.79. The standard InChI is InChI=1S/C13H14N2O4/c1-19-13(18)11-7-10(4-5-14-11)15-9-3-2-8(6-9)12(16)17/h2-5,7-9H,6H2,1H3,(H,14,15)(H,16,17). The van der Waals surface area contributed by atoms with Crippen molar-refractivity contribution in [3.05, 3.63) is 36.2 Å². The van der Waals surface area contributed by atoms with Gasteiger partial charge in [-0.05, 0) is 18.6 Å². The number of nitrogens with zero attached hydrogens (tertiary/aromatic N) is 1. The van der Waals surface area contributed by atoms with Gasteiger partial charge in [-0.3, -0.25) is 4.79 Å². The van der Waals surface area contributed by atoms with Crippen LogP contribution in [0.25, 0.3) is 0 Å². The number of carbonyl (C=O) groups is 2. The lowest BCUT2D eigenvalue weighted by molar-refractivity contribution is -0.140. The Bertz CT molecular complexity index is 527. The number of carboxylic acid groups (broad SMARTS) is 1. The van der Waals surface area contributed by atoms with Gasteiger partial charge in [-0.15, -0.1) is 0 Å². The van der Waals surface area contributed by atoms with Crippen LogP contribution >= 0.6 is 0 Å². The van der Waals surface area contributed by atoms with Gasteiger partial charge < -0.3 is 15.2 Å². The Hall–Kier alpha value is -2.37. The number of hydrogen-bond donors (Lipinski definition) is 2.